The molecular formula is C11H13N5O3S. The standard InChI is InChI=1S/C11H13N5O3S/c12-8-5-14-16(6-8)7-11(17)15-9-2-1-3-10(4-9)20(13,18)19/h1-6H,7,12H2,(H,15,17)(H2,13,18,19). The number of nitrogens with two attached hydrogens (primary N) is 2. The summed E-state index contributed by atoms with van der Waals surface area (Å²) < 4.78 is 23.8. The third-order valence-electron chi connectivity index (χ3n) is 2.41. The second-order valence-corrected chi connectivity index (χ2v) is 5.65. The molecule has 0 fully saturated rings. The highest BCUT2D eigenvalue weighted by Crippen LogP contribution is 2.14. The van der Waals surface area contributed by atoms with Gasteiger partial charge in [-0.25, -0.2) is 13.6 Å². The zero-order valence-electron chi connectivity index (χ0n) is 10.4. The van der Waals surface area contributed by atoms with E-state index in [0.29, 0.717) is 11.4 Å². The van der Waals surface area contributed by atoms with E-state index < -0.39 is 10.0 Å². The van der Waals surface area contributed by atoms with Gasteiger partial charge in [-0.15, -0.1) is 0 Å². The van der Waals surface area contributed by atoms with Crippen LogP contribution in [0.3, 0.4) is 0 Å². The molecule has 1 aromatic carbocycles. The van der Waals surface area contributed by atoms with Crippen molar-refractivity contribution in [1.82, 2.24) is 9.78 Å². The lowest BCUT2D eigenvalue weighted by molar-refractivity contribution is -0.116. The Bertz CT molecular complexity index is 738. The number of hydrogen-bond donors (Lipinski definition) is 3. The van der Waals surface area contributed by atoms with Crippen molar-refractivity contribution in [3.05, 3.63) is 36.7 Å². The van der Waals surface area contributed by atoms with Crippen molar-refractivity contribution in [3.63, 3.8) is 0 Å². The summed E-state index contributed by atoms with van der Waals surface area (Å²) in [6, 6.07) is 5.68. The molecule has 2 aromatic rings. The van der Waals surface area contributed by atoms with Gasteiger partial charge in [0.25, 0.3) is 0 Å². The van der Waals surface area contributed by atoms with Crippen LogP contribution in [-0.2, 0) is 21.4 Å². The molecule has 9 heteroatoms. The molecule has 5 N–H and O–H groups in total. The SMILES string of the molecule is Nc1cnn(CC(=O)Nc2cccc(S(N)(=O)=O)c2)c1. The number of nitrogens with zero attached hydrogens (tertiary/aromatic N) is 2. The van der Waals surface area contributed by atoms with Crippen LogP contribution in [0, 0.1) is 0 Å². The fourth-order valence-electron chi connectivity index (χ4n) is 1.56. The van der Waals surface area contributed by atoms with Gasteiger partial charge in [0.15, 0.2) is 0 Å². The quantitative estimate of drug-likeness (QED) is 0.715. The summed E-state index contributed by atoms with van der Waals surface area (Å²) in [5.74, 6) is -0.361. The Hall–Kier alpha value is -2.39. The van der Waals surface area contributed by atoms with E-state index in [1.807, 2.05) is 0 Å². The topological polar surface area (TPSA) is 133 Å². The maximum absolute atomic E-state index is 11.8. The Morgan fingerprint density at radius 1 is 1.40 bits per heavy atom. The lowest BCUT2D eigenvalue weighted by atomic mass is 10.3. The predicted molar refractivity (Wildman–Crippen MR) is 73.1 cm³/mol. The zero-order chi connectivity index (χ0) is 14.8. The first-order valence-electron chi connectivity index (χ1n) is 5.55. The minimum absolute atomic E-state index is 0.0309. The molecule has 1 aromatic heterocycles. The number of sulfonamides is 1. The Morgan fingerprint density at radius 2 is 2.15 bits per heavy atom. The molecule has 0 aliphatic carbocycles. The molecule has 0 spiro atoms. The molecule has 0 unspecified atom stereocenters. The summed E-state index contributed by atoms with van der Waals surface area (Å²) in [4.78, 5) is 11.7. The lowest BCUT2D eigenvalue weighted by Crippen LogP contribution is -2.19. The van der Waals surface area contributed by atoms with Crippen molar-refractivity contribution in [2.75, 3.05) is 11.1 Å². The fraction of sp³-hybridized carbons (Fsp3) is 0.0909. The van der Waals surface area contributed by atoms with Crippen molar-refractivity contribution in [3.8, 4) is 0 Å². The Balaban J connectivity index is 2.08. The minimum atomic E-state index is -3.80. The summed E-state index contributed by atoms with van der Waals surface area (Å²) in [5.41, 5.74) is 6.27. The molecule has 1 amide bonds. The smallest absolute Gasteiger partial charge is 0.246 e. The summed E-state index contributed by atoms with van der Waals surface area (Å²) in [7, 11) is -3.80. The lowest BCUT2D eigenvalue weighted by Gasteiger charge is -2.06. The Morgan fingerprint density at radius 3 is 2.75 bits per heavy atom. The van der Waals surface area contributed by atoms with Gasteiger partial charge in [0.1, 0.15) is 6.54 Å². The Labute approximate surface area is 115 Å². The number of rotatable bonds is 4. The van der Waals surface area contributed by atoms with Crippen LogP contribution in [0.1, 0.15) is 0 Å². The first kappa shape index (κ1) is 14.0. The normalized spacial score (nSPS) is 11.2. The van der Waals surface area contributed by atoms with Crippen LogP contribution in [-0.4, -0.2) is 24.1 Å². The van der Waals surface area contributed by atoms with Gasteiger partial charge >= 0.3 is 0 Å². The van der Waals surface area contributed by atoms with Gasteiger partial charge in [-0.1, -0.05) is 6.07 Å². The number of anilines is 2. The number of nitrogens with one attached hydrogen (secondary N) is 1. The molecule has 0 atom stereocenters. The molecule has 106 valence electrons. The van der Waals surface area contributed by atoms with Gasteiger partial charge in [0.2, 0.25) is 15.9 Å². The van der Waals surface area contributed by atoms with Gasteiger partial charge in [0.05, 0.1) is 16.8 Å². The van der Waals surface area contributed by atoms with E-state index in [2.05, 4.69) is 10.4 Å². The highest BCUT2D eigenvalue weighted by molar-refractivity contribution is 7.89. The van der Waals surface area contributed by atoms with E-state index in [-0.39, 0.29) is 17.3 Å². The molecule has 0 bridgehead atoms. The van der Waals surface area contributed by atoms with E-state index in [1.54, 1.807) is 6.07 Å². The molecule has 0 saturated carbocycles. The third kappa shape index (κ3) is 3.56. The number of aromatic nitrogens is 2. The van der Waals surface area contributed by atoms with Gasteiger partial charge in [0, 0.05) is 11.9 Å². The number of hydrogen-bond acceptors (Lipinski definition) is 5. The van der Waals surface area contributed by atoms with Crippen LogP contribution in [0.5, 0.6) is 0 Å². The number of primary sulfonamides is 1. The van der Waals surface area contributed by atoms with Gasteiger partial charge in [-0.05, 0) is 18.2 Å². The van der Waals surface area contributed by atoms with E-state index >= 15 is 0 Å². The summed E-state index contributed by atoms with van der Waals surface area (Å²) >= 11 is 0. The Kier molecular flexibility index (Phi) is 3.72. The second-order valence-electron chi connectivity index (χ2n) is 4.09. The number of carbonyl (C=O) groups excluding carboxylic acids is 1. The van der Waals surface area contributed by atoms with E-state index in [9.17, 15) is 13.2 Å². The molecule has 1 heterocycles. The highest BCUT2D eigenvalue weighted by Gasteiger charge is 2.10. The van der Waals surface area contributed by atoms with E-state index in [4.69, 9.17) is 10.9 Å². The largest absolute Gasteiger partial charge is 0.396 e. The van der Waals surface area contributed by atoms with Crippen LogP contribution >= 0.6 is 0 Å². The first-order valence-corrected chi connectivity index (χ1v) is 7.10. The average Bonchev–Trinajstić information content (AvgIpc) is 2.73. The minimum Gasteiger partial charge on any atom is -0.396 e. The summed E-state index contributed by atoms with van der Waals surface area (Å²) in [6.45, 7) is -0.0309. The zero-order valence-corrected chi connectivity index (χ0v) is 11.2. The molecule has 20 heavy (non-hydrogen) atoms. The molecule has 0 aliphatic heterocycles. The van der Waals surface area contributed by atoms with Crippen LogP contribution in [0.25, 0.3) is 0 Å². The molecule has 0 aliphatic rings. The highest BCUT2D eigenvalue weighted by atomic mass is 32.2. The maximum Gasteiger partial charge on any atom is 0.246 e. The number of benzene rings is 1. The fourth-order valence-corrected chi connectivity index (χ4v) is 2.12. The first-order chi connectivity index (χ1) is 9.34. The average molecular weight is 295 g/mol. The van der Waals surface area contributed by atoms with Crippen molar-refractivity contribution in [2.45, 2.75) is 11.4 Å². The van der Waals surface area contributed by atoms with Gasteiger partial charge in [-0.3, -0.25) is 9.48 Å². The van der Waals surface area contributed by atoms with Gasteiger partial charge < -0.3 is 11.1 Å². The number of carbonyl (C=O) groups is 1. The van der Waals surface area contributed by atoms with Crippen molar-refractivity contribution >= 4 is 27.3 Å². The molecule has 0 saturated heterocycles. The van der Waals surface area contributed by atoms with Crippen LogP contribution in [0.2, 0.25) is 0 Å². The molecule has 2 rings (SSSR count). The van der Waals surface area contributed by atoms with E-state index in [1.165, 1.54) is 35.3 Å². The van der Waals surface area contributed by atoms with Crippen molar-refractivity contribution in [1.29, 1.82) is 0 Å². The van der Waals surface area contributed by atoms with Crippen LogP contribution < -0.4 is 16.2 Å². The van der Waals surface area contributed by atoms with Crippen molar-refractivity contribution < 1.29 is 13.2 Å². The van der Waals surface area contributed by atoms with Gasteiger partial charge in [-0.2, -0.15) is 5.10 Å². The van der Waals surface area contributed by atoms with E-state index in [0.717, 1.165) is 0 Å². The van der Waals surface area contributed by atoms with Crippen LogP contribution in [0.4, 0.5) is 11.4 Å². The number of amides is 1. The molecule has 8 nitrogen and oxygen atoms in total. The monoisotopic (exact) mass is 295 g/mol. The second kappa shape index (κ2) is 5.31. The molecule has 0 radical (unpaired) electrons. The van der Waals surface area contributed by atoms with Crippen LogP contribution in [0.15, 0.2) is 41.6 Å². The maximum atomic E-state index is 11.8. The summed E-state index contributed by atoms with van der Waals surface area (Å²) in [6.07, 6.45) is 2.94. The van der Waals surface area contributed by atoms with Crippen molar-refractivity contribution in [2.24, 2.45) is 5.14 Å². The summed E-state index contributed by atoms with van der Waals surface area (Å²) in [5, 5.41) is 11.4. The predicted octanol–water partition coefficient (Wildman–Crippen LogP) is -0.249. The molecular weight excluding hydrogens is 282 g/mol. The number of nitrogen functional groups attached to an aromatic ring is 1. The third-order valence-corrected chi connectivity index (χ3v) is 3.32.